The fourth-order valence-corrected chi connectivity index (χ4v) is 5.75. The summed E-state index contributed by atoms with van der Waals surface area (Å²) < 4.78 is 1.34. The van der Waals surface area contributed by atoms with Crippen molar-refractivity contribution in [2.75, 3.05) is 19.6 Å². The molecule has 0 fully saturated rings. The Labute approximate surface area is 228 Å². The molecular weight excluding hydrogens is 434 g/mol. The average molecular weight is 501 g/mol. The highest BCUT2D eigenvalue weighted by atomic mass is 15.3. The molecule has 0 aromatic heterocycles. The van der Waals surface area contributed by atoms with Gasteiger partial charge in [-0.1, -0.05) is 143 Å². The van der Waals surface area contributed by atoms with Crippen LogP contribution < -0.4 is 0 Å². The lowest BCUT2D eigenvalue weighted by molar-refractivity contribution is -0.941. The molecule has 0 unspecified atom stereocenters. The highest BCUT2D eigenvalue weighted by molar-refractivity contribution is 5.27. The SMILES string of the molecule is CCCCCCCC[N+](CCCCCCCC)(CCCCCCCC)Cc1ccc(C(C)(C)C)cc1. The van der Waals surface area contributed by atoms with Crippen LogP contribution in [0.5, 0.6) is 0 Å². The number of hydrogen-bond donors (Lipinski definition) is 0. The Morgan fingerprint density at radius 2 is 0.806 bits per heavy atom. The van der Waals surface area contributed by atoms with Gasteiger partial charge in [0.1, 0.15) is 6.54 Å². The van der Waals surface area contributed by atoms with Crippen LogP contribution in [-0.4, -0.2) is 24.1 Å². The smallest absolute Gasteiger partial charge is 0.104 e. The summed E-state index contributed by atoms with van der Waals surface area (Å²) in [4.78, 5) is 0. The molecule has 1 aromatic rings. The minimum atomic E-state index is 0.236. The molecule has 0 aliphatic heterocycles. The molecule has 1 heteroatoms. The van der Waals surface area contributed by atoms with Crippen molar-refractivity contribution in [3.8, 4) is 0 Å². The summed E-state index contributed by atoms with van der Waals surface area (Å²) in [6.45, 7) is 19.4. The second-order valence-electron chi connectivity index (χ2n) is 12.9. The molecule has 0 bridgehead atoms. The lowest BCUT2D eigenvalue weighted by Crippen LogP contribution is -2.49. The first kappa shape index (κ1) is 33.2. The fraction of sp³-hybridized carbons (Fsp3) is 0.829. The molecule has 0 spiro atoms. The molecule has 0 N–H and O–H groups in total. The summed E-state index contributed by atoms with van der Waals surface area (Å²) in [6.07, 6.45) is 25.4. The lowest BCUT2D eigenvalue weighted by Gasteiger charge is -2.40. The van der Waals surface area contributed by atoms with E-state index in [9.17, 15) is 0 Å². The summed E-state index contributed by atoms with van der Waals surface area (Å²) in [6, 6.07) is 9.73. The molecule has 0 saturated heterocycles. The third kappa shape index (κ3) is 15.4. The van der Waals surface area contributed by atoms with Gasteiger partial charge in [0, 0.05) is 5.56 Å². The predicted molar refractivity (Wildman–Crippen MR) is 164 cm³/mol. The minimum Gasteiger partial charge on any atom is -0.320 e. The number of hydrogen-bond acceptors (Lipinski definition) is 0. The van der Waals surface area contributed by atoms with Crippen molar-refractivity contribution in [2.24, 2.45) is 0 Å². The van der Waals surface area contributed by atoms with E-state index in [-0.39, 0.29) is 5.41 Å². The van der Waals surface area contributed by atoms with Gasteiger partial charge in [-0.2, -0.15) is 0 Å². The van der Waals surface area contributed by atoms with E-state index in [0.29, 0.717) is 0 Å². The van der Waals surface area contributed by atoms with Crippen LogP contribution in [0.15, 0.2) is 24.3 Å². The van der Waals surface area contributed by atoms with Crippen LogP contribution in [-0.2, 0) is 12.0 Å². The van der Waals surface area contributed by atoms with E-state index >= 15 is 0 Å². The maximum absolute atomic E-state index is 2.46. The number of quaternary nitrogens is 1. The predicted octanol–water partition coefficient (Wildman–Crippen LogP) is 11.4. The molecule has 36 heavy (non-hydrogen) atoms. The van der Waals surface area contributed by atoms with Crippen molar-refractivity contribution in [3.63, 3.8) is 0 Å². The summed E-state index contributed by atoms with van der Waals surface area (Å²) in [5, 5.41) is 0. The van der Waals surface area contributed by atoms with Crippen LogP contribution in [0.2, 0.25) is 0 Å². The zero-order chi connectivity index (χ0) is 26.5. The molecule has 0 radical (unpaired) electrons. The molecule has 0 atom stereocenters. The standard InChI is InChI=1S/C35H66N/c1-7-10-13-16-19-22-29-36(30-23-20-17-14-11-8-2,31-24-21-18-15-12-9-3)32-33-25-27-34(28-26-33)35(4,5)6/h25-28H,7-24,29-32H2,1-6H3/q+1. The van der Waals surface area contributed by atoms with E-state index in [0.717, 1.165) is 0 Å². The average Bonchev–Trinajstić information content (AvgIpc) is 2.85. The molecule has 0 heterocycles. The molecule has 0 saturated carbocycles. The molecule has 1 nitrogen and oxygen atoms in total. The zero-order valence-corrected chi connectivity index (χ0v) is 25.8. The van der Waals surface area contributed by atoms with Crippen molar-refractivity contribution in [2.45, 2.75) is 169 Å². The maximum Gasteiger partial charge on any atom is 0.104 e. The molecule has 0 amide bonds. The van der Waals surface area contributed by atoms with Crippen LogP contribution in [0.25, 0.3) is 0 Å². The Bertz CT molecular complexity index is 568. The van der Waals surface area contributed by atoms with Crippen molar-refractivity contribution in [1.82, 2.24) is 0 Å². The van der Waals surface area contributed by atoms with Gasteiger partial charge in [0.2, 0.25) is 0 Å². The van der Waals surface area contributed by atoms with Crippen LogP contribution in [0, 0.1) is 0 Å². The van der Waals surface area contributed by atoms with Gasteiger partial charge in [-0.05, 0) is 49.5 Å². The zero-order valence-electron chi connectivity index (χ0n) is 25.8. The fourth-order valence-electron chi connectivity index (χ4n) is 5.75. The number of nitrogens with zero attached hydrogens (tertiary/aromatic N) is 1. The van der Waals surface area contributed by atoms with E-state index in [1.165, 1.54) is 152 Å². The van der Waals surface area contributed by atoms with Crippen LogP contribution in [0.1, 0.15) is 168 Å². The first-order valence-corrected chi connectivity index (χ1v) is 16.3. The summed E-state index contributed by atoms with van der Waals surface area (Å²) >= 11 is 0. The van der Waals surface area contributed by atoms with Crippen LogP contribution >= 0.6 is 0 Å². The maximum atomic E-state index is 2.46. The van der Waals surface area contributed by atoms with Gasteiger partial charge in [0.25, 0.3) is 0 Å². The monoisotopic (exact) mass is 501 g/mol. The van der Waals surface area contributed by atoms with Gasteiger partial charge >= 0.3 is 0 Å². The highest BCUT2D eigenvalue weighted by Gasteiger charge is 2.27. The Balaban J connectivity index is 2.90. The van der Waals surface area contributed by atoms with Gasteiger partial charge in [-0.15, -0.1) is 0 Å². The van der Waals surface area contributed by atoms with Crippen molar-refractivity contribution < 1.29 is 4.48 Å². The van der Waals surface area contributed by atoms with Crippen molar-refractivity contribution in [1.29, 1.82) is 0 Å². The van der Waals surface area contributed by atoms with E-state index in [4.69, 9.17) is 0 Å². The van der Waals surface area contributed by atoms with E-state index < -0.39 is 0 Å². The Hall–Kier alpha value is -0.820. The quantitative estimate of drug-likeness (QED) is 0.103. The Morgan fingerprint density at radius 3 is 1.14 bits per heavy atom. The molecular formula is C35H66N+. The van der Waals surface area contributed by atoms with Gasteiger partial charge in [0.15, 0.2) is 0 Å². The molecule has 210 valence electrons. The molecule has 0 aliphatic rings. The first-order valence-electron chi connectivity index (χ1n) is 16.3. The second kappa shape index (κ2) is 20.2. The number of benzene rings is 1. The molecule has 1 aromatic carbocycles. The van der Waals surface area contributed by atoms with Crippen molar-refractivity contribution in [3.05, 3.63) is 35.4 Å². The normalized spacial score (nSPS) is 12.4. The Kier molecular flexibility index (Phi) is 18.6. The van der Waals surface area contributed by atoms with E-state index in [2.05, 4.69) is 65.8 Å². The third-order valence-electron chi connectivity index (χ3n) is 8.30. The molecule has 0 aliphatic carbocycles. The number of unbranched alkanes of at least 4 members (excludes halogenated alkanes) is 15. The minimum absolute atomic E-state index is 0.236. The molecule has 1 rings (SSSR count). The van der Waals surface area contributed by atoms with Gasteiger partial charge in [-0.3, -0.25) is 0 Å². The third-order valence-corrected chi connectivity index (χ3v) is 8.30. The highest BCUT2D eigenvalue weighted by Crippen LogP contribution is 2.26. The van der Waals surface area contributed by atoms with E-state index in [1.54, 1.807) is 5.56 Å². The number of rotatable bonds is 23. The lowest BCUT2D eigenvalue weighted by atomic mass is 9.86. The second-order valence-corrected chi connectivity index (χ2v) is 12.9. The van der Waals surface area contributed by atoms with Gasteiger partial charge in [-0.25, -0.2) is 0 Å². The van der Waals surface area contributed by atoms with E-state index in [1.807, 2.05) is 0 Å². The largest absolute Gasteiger partial charge is 0.320 e. The van der Waals surface area contributed by atoms with Gasteiger partial charge in [0.05, 0.1) is 19.6 Å². The van der Waals surface area contributed by atoms with Crippen molar-refractivity contribution >= 4 is 0 Å². The Morgan fingerprint density at radius 1 is 0.472 bits per heavy atom. The summed E-state index contributed by atoms with van der Waals surface area (Å²) in [7, 11) is 0. The summed E-state index contributed by atoms with van der Waals surface area (Å²) in [5.74, 6) is 0. The first-order chi connectivity index (χ1) is 17.4. The van der Waals surface area contributed by atoms with Crippen LogP contribution in [0.3, 0.4) is 0 Å². The van der Waals surface area contributed by atoms with Gasteiger partial charge < -0.3 is 4.48 Å². The topological polar surface area (TPSA) is 0 Å². The van der Waals surface area contributed by atoms with Crippen LogP contribution in [0.4, 0.5) is 0 Å². The summed E-state index contributed by atoms with van der Waals surface area (Å²) in [5.41, 5.74) is 3.26.